The normalized spacial score (nSPS) is 10.7. The van der Waals surface area contributed by atoms with E-state index in [1.807, 2.05) is 57.2 Å². The number of hydrogen-bond donors (Lipinski definition) is 1. The molecular formula is C21H21NO4. The maximum absolute atomic E-state index is 12.0. The maximum atomic E-state index is 12.0. The fraction of sp³-hybridized carbons (Fsp3) is 0.238. The number of aryl methyl sites for hydroxylation is 3. The van der Waals surface area contributed by atoms with Crippen LogP contribution in [0.15, 0.2) is 47.1 Å². The lowest BCUT2D eigenvalue weighted by Gasteiger charge is -2.08. The largest absolute Gasteiger partial charge is 0.464 e. The second-order valence-electron chi connectivity index (χ2n) is 6.52. The lowest BCUT2D eigenvalue weighted by Crippen LogP contribution is -2.21. The first-order valence-electron chi connectivity index (χ1n) is 8.41. The molecule has 0 saturated heterocycles. The van der Waals surface area contributed by atoms with E-state index in [2.05, 4.69) is 5.32 Å². The van der Waals surface area contributed by atoms with Gasteiger partial charge in [-0.3, -0.25) is 9.59 Å². The number of esters is 1. The Hall–Kier alpha value is -3.08. The molecule has 1 heterocycles. The fourth-order valence-electron chi connectivity index (χ4n) is 2.92. The summed E-state index contributed by atoms with van der Waals surface area (Å²) in [6.45, 7) is 5.57. The van der Waals surface area contributed by atoms with Crippen molar-refractivity contribution in [2.24, 2.45) is 0 Å². The molecular weight excluding hydrogens is 330 g/mol. The Morgan fingerprint density at radius 2 is 1.73 bits per heavy atom. The van der Waals surface area contributed by atoms with Crippen LogP contribution in [0.25, 0.3) is 11.0 Å². The molecule has 0 radical (unpaired) electrons. The van der Waals surface area contributed by atoms with Gasteiger partial charge < -0.3 is 14.5 Å². The first kappa shape index (κ1) is 17.7. The van der Waals surface area contributed by atoms with Gasteiger partial charge in [0.1, 0.15) is 5.58 Å². The monoisotopic (exact) mass is 351 g/mol. The van der Waals surface area contributed by atoms with E-state index in [1.165, 1.54) is 0 Å². The van der Waals surface area contributed by atoms with Crippen LogP contribution in [0.3, 0.4) is 0 Å². The SMILES string of the molecule is Cc1cc(C)cc(NC(=O)COC(=O)Cc2coc3cc(C)ccc23)c1. The van der Waals surface area contributed by atoms with Crippen LogP contribution in [0.4, 0.5) is 5.69 Å². The Kier molecular flexibility index (Phi) is 5.07. The molecule has 2 aromatic carbocycles. The molecule has 3 aromatic rings. The molecule has 0 atom stereocenters. The Labute approximate surface area is 152 Å². The molecule has 134 valence electrons. The van der Waals surface area contributed by atoms with Crippen molar-refractivity contribution in [1.29, 1.82) is 0 Å². The molecule has 0 unspecified atom stereocenters. The highest BCUT2D eigenvalue weighted by atomic mass is 16.5. The molecule has 0 spiro atoms. The smallest absolute Gasteiger partial charge is 0.310 e. The van der Waals surface area contributed by atoms with Crippen molar-refractivity contribution >= 4 is 28.5 Å². The molecule has 1 N–H and O–H groups in total. The molecule has 1 aromatic heterocycles. The zero-order valence-electron chi connectivity index (χ0n) is 15.1. The number of ether oxygens (including phenoxy) is 1. The van der Waals surface area contributed by atoms with Crippen molar-refractivity contribution < 1.29 is 18.7 Å². The molecule has 0 aliphatic carbocycles. The van der Waals surface area contributed by atoms with Crippen LogP contribution in [0, 0.1) is 20.8 Å². The number of hydrogen-bond acceptors (Lipinski definition) is 4. The van der Waals surface area contributed by atoms with E-state index in [0.29, 0.717) is 5.69 Å². The van der Waals surface area contributed by atoms with Crippen LogP contribution < -0.4 is 5.32 Å². The van der Waals surface area contributed by atoms with Crippen LogP contribution in [-0.4, -0.2) is 18.5 Å². The predicted molar refractivity (Wildman–Crippen MR) is 100 cm³/mol. The number of anilines is 1. The summed E-state index contributed by atoms with van der Waals surface area (Å²) in [4.78, 5) is 24.0. The minimum Gasteiger partial charge on any atom is -0.464 e. The van der Waals surface area contributed by atoms with Crippen molar-refractivity contribution in [2.75, 3.05) is 11.9 Å². The first-order valence-corrected chi connectivity index (χ1v) is 8.41. The predicted octanol–water partition coefficient (Wildman–Crippen LogP) is 4.08. The molecule has 1 amide bonds. The number of nitrogens with one attached hydrogen (secondary N) is 1. The van der Waals surface area contributed by atoms with Gasteiger partial charge in [-0.15, -0.1) is 0 Å². The average molecular weight is 351 g/mol. The van der Waals surface area contributed by atoms with Gasteiger partial charge in [0.25, 0.3) is 5.91 Å². The van der Waals surface area contributed by atoms with E-state index in [-0.39, 0.29) is 18.9 Å². The van der Waals surface area contributed by atoms with E-state index in [4.69, 9.17) is 9.15 Å². The van der Waals surface area contributed by atoms with E-state index in [9.17, 15) is 9.59 Å². The van der Waals surface area contributed by atoms with Crippen LogP contribution in [-0.2, 0) is 20.7 Å². The molecule has 0 fully saturated rings. The summed E-state index contributed by atoms with van der Waals surface area (Å²) in [6.07, 6.45) is 1.62. The number of amides is 1. The van der Waals surface area contributed by atoms with Crippen molar-refractivity contribution in [3.8, 4) is 0 Å². The molecule has 0 saturated carbocycles. The van der Waals surface area contributed by atoms with Gasteiger partial charge in [0, 0.05) is 16.6 Å². The molecule has 0 aliphatic heterocycles. The van der Waals surface area contributed by atoms with Crippen molar-refractivity contribution in [2.45, 2.75) is 27.2 Å². The average Bonchev–Trinajstić information content (AvgIpc) is 2.94. The number of carbonyl (C=O) groups is 2. The van der Waals surface area contributed by atoms with E-state index >= 15 is 0 Å². The summed E-state index contributed by atoms with van der Waals surface area (Å²) in [7, 11) is 0. The standard InChI is InChI=1S/C21H21NO4/c1-13-4-5-18-16(11-25-19(18)9-13)10-21(24)26-12-20(23)22-17-7-14(2)6-15(3)8-17/h4-9,11H,10,12H2,1-3H3,(H,22,23). The third kappa shape index (κ3) is 4.30. The van der Waals surface area contributed by atoms with Gasteiger partial charge in [0.05, 0.1) is 12.7 Å². The lowest BCUT2D eigenvalue weighted by atomic mass is 10.1. The Morgan fingerprint density at radius 3 is 2.46 bits per heavy atom. The molecule has 3 rings (SSSR count). The highest BCUT2D eigenvalue weighted by Gasteiger charge is 2.13. The maximum Gasteiger partial charge on any atom is 0.310 e. The van der Waals surface area contributed by atoms with Gasteiger partial charge in [-0.25, -0.2) is 0 Å². The van der Waals surface area contributed by atoms with Crippen molar-refractivity contribution in [1.82, 2.24) is 0 Å². The van der Waals surface area contributed by atoms with Gasteiger partial charge in [-0.2, -0.15) is 0 Å². The minimum atomic E-state index is -0.469. The number of rotatable bonds is 5. The molecule has 0 aliphatic rings. The second kappa shape index (κ2) is 7.44. The third-order valence-electron chi connectivity index (χ3n) is 4.02. The Bertz CT molecular complexity index is 951. The number of benzene rings is 2. The van der Waals surface area contributed by atoms with Crippen molar-refractivity contribution in [3.63, 3.8) is 0 Å². The first-order chi connectivity index (χ1) is 12.4. The van der Waals surface area contributed by atoms with Gasteiger partial charge in [-0.1, -0.05) is 18.2 Å². The fourth-order valence-corrected chi connectivity index (χ4v) is 2.92. The summed E-state index contributed by atoms with van der Waals surface area (Å²) in [5.74, 6) is -0.833. The molecule has 0 bridgehead atoms. The Morgan fingerprint density at radius 1 is 1.00 bits per heavy atom. The molecule has 5 heteroatoms. The number of furan rings is 1. The summed E-state index contributed by atoms with van der Waals surface area (Å²) < 4.78 is 10.6. The minimum absolute atomic E-state index is 0.0624. The van der Waals surface area contributed by atoms with E-state index in [0.717, 1.165) is 33.2 Å². The second-order valence-corrected chi connectivity index (χ2v) is 6.52. The van der Waals surface area contributed by atoms with Gasteiger partial charge in [-0.05, 0) is 55.7 Å². The number of carbonyl (C=O) groups excluding carboxylic acids is 2. The van der Waals surface area contributed by atoms with Crippen LogP contribution in [0.2, 0.25) is 0 Å². The van der Waals surface area contributed by atoms with Gasteiger partial charge >= 0.3 is 5.97 Å². The van der Waals surface area contributed by atoms with Crippen LogP contribution in [0.1, 0.15) is 22.3 Å². The quantitative estimate of drug-likeness (QED) is 0.703. The highest BCUT2D eigenvalue weighted by molar-refractivity contribution is 5.93. The van der Waals surface area contributed by atoms with Gasteiger partial charge in [0.2, 0.25) is 0 Å². The van der Waals surface area contributed by atoms with E-state index < -0.39 is 5.97 Å². The summed E-state index contributed by atoms with van der Waals surface area (Å²) in [6, 6.07) is 11.6. The van der Waals surface area contributed by atoms with Crippen LogP contribution >= 0.6 is 0 Å². The van der Waals surface area contributed by atoms with Gasteiger partial charge in [0.15, 0.2) is 6.61 Å². The zero-order valence-corrected chi connectivity index (χ0v) is 15.1. The van der Waals surface area contributed by atoms with E-state index in [1.54, 1.807) is 6.26 Å². The van der Waals surface area contributed by atoms with Crippen LogP contribution in [0.5, 0.6) is 0 Å². The zero-order chi connectivity index (χ0) is 18.7. The number of fused-ring (bicyclic) bond motifs is 1. The van der Waals surface area contributed by atoms with Crippen molar-refractivity contribution in [3.05, 3.63) is 64.9 Å². The summed E-state index contributed by atoms with van der Waals surface area (Å²) in [5, 5.41) is 3.62. The Balaban J connectivity index is 1.55. The molecule has 26 heavy (non-hydrogen) atoms. The molecule has 5 nitrogen and oxygen atoms in total. The third-order valence-corrected chi connectivity index (χ3v) is 4.02. The topological polar surface area (TPSA) is 68.5 Å². The lowest BCUT2D eigenvalue weighted by molar-refractivity contribution is -0.146. The summed E-state index contributed by atoms with van der Waals surface area (Å²) in [5.41, 5.74) is 5.38. The summed E-state index contributed by atoms with van der Waals surface area (Å²) >= 11 is 0. The highest BCUT2D eigenvalue weighted by Crippen LogP contribution is 2.23.